The van der Waals surface area contributed by atoms with E-state index in [9.17, 15) is 9.18 Å². The molecule has 0 aliphatic carbocycles. The molecule has 0 bridgehead atoms. The maximum Gasteiger partial charge on any atom is 0.343 e. The molecule has 3 aromatic rings. The number of carbonyl (C=O) groups excluding carboxylic acids is 1. The lowest BCUT2D eigenvalue weighted by Gasteiger charge is -2.10. The van der Waals surface area contributed by atoms with Gasteiger partial charge in [-0.3, -0.25) is 0 Å². The number of carbonyl (C=O) groups is 1. The molecule has 4 nitrogen and oxygen atoms in total. The van der Waals surface area contributed by atoms with Crippen LogP contribution in [0.4, 0.5) is 4.39 Å². The molecule has 0 amide bonds. The minimum atomic E-state index is -0.568. The molecule has 1 aromatic heterocycles. The molecule has 1 N–H and O–H groups in total. The van der Waals surface area contributed by atoms with E-state index >= 15 is 0 Å². The average Bonchev–Trinajstić information content (AvgIpc) is 2.97. The van der Waals surface area contributed by atoms with Crippen LogP contribution in [0.3, 0.4) is 0 Å². The van der Waals surface area contributed by atoms with E-state index in [2.05, 4.69) is 9.88 Å². The highest BCUT2D eigenvalue weighted by molar-refractivity contribution is 5.96. The van der Waals surface area contributed by atoms with Gasteiger partial charge in [-0.1, -0.05) is 12.1 Å². The van der Waals surface area contributed by atoms with Crippen LogP contribution in [0.5, 0.6) is 5.75 Å². The number of nitrogens with one attached hydrogen (secondary N) is 1. The van der Waals surface area contributed by atoms with E-state index < -0.39 is 11.8 Å². The van der Waals surface area contributed by atoms with E-state index in [1.54, 1.807) is 6.07 Å². The first-order valence-corrected chi connectivity index (χ1v) is 7.76. The summed E-state index contributed by atoms with van der Waals surface area (Å²) in [5.74, 6) is -0.547. The maximum absolute atomic E-state index is 13.3. The molecule has 0 unspecified atom stereocenters. The Balaban J connectivity index is 1.91. The van der Waals surface area contributed by atoms with Gasteiger partial charge >= 0.3 is 5.97 Å². The van der Waals surface area contributed by atoms with Crippen LogP contribution in [0, 0.1) is 5.82 Å². The molecule has 0 atom stereocenters. The average molecular weight is 326 g/mol. The number of ether oxygens (including phenoxy) is 1. The van der Waals surface area contributed by atoms with Crippen molar-refractivity contribution in [2.24, 2.45) is 0 Å². The zero-order valence-electron chi connectivity index (χ0n) is 13.7. The molecule has 5 heteroatoms. The summed E-state index contributed by atoms with van der Waals surface area (Å²) in [6.07, 6.45) is 2.77. The summed E-state index contributed by atoms with van der Waals surface area (Å²) in [5, 5.41) is 0.893. The van der Waals surface area contributed by atoms with Crippen LogP contribution in [0.15, 0.2) is 48.7 Å². The summed E-state index contributed by atoms with van der Waals surface area (Å²) >= 11 is 0. The van der Waals surface area contributed by atoms with Crippen LogP contribution in [-0.2, 0) is 6.42 Å². The highest BCUT2D eigenvalue weighted by atomic mass is 19.1. The monoisotopic (exact) mass is 326 g/mol. The van der Waals surface area contributed by atoms with Crippen LogP contribution in [0.2, 0.25) is 0 Å². The highest BCUT2D eigenvalue weighted by Crippen LogP contribution is 2.30. The summed E-state index contributed by atoms with van der Waals surface area (Å²) in [6.45, 7) is 0.888. The molecular weight excluding hydrogens is 307 g/mol. The summed E-state index contributed by atoms with van der Waals surface area (Å²) in [6, 6.07) is 11.0. The van der Waals surface area contributed by atoms with E-state index in [0.717, 1.165) is 29.4 Å². The van der Waals surface area contributed by atoms with Gasteiger partial charge in [-0.2, -0.15) is 0 Å². The lowest BCUT2D eigenvalue weighted by molar-refractivity contribution is 0.0736. The predicted octanol–water partition coefficient (Wildman–Crippen LogP) is 3.63. The van der Waals surface area contributed by atoms with Crippen molar-refractivity contribution in [3.63, 3.8) is 0 Å². The van der Waals surface area contributed by atoms with Gasteiger partial charge in [-0.05, 0) is 56.4 Å². The lowest BCUT2D eigenvalue weighted by Crippen LogP contribution is -2.15. The van der Waals surface area contributed by atoms with E-state index in [1.807, 2.05) is 32.4 Å². The summed E-state index contributed by atoms with van der Waals surface area (Å²) < 4.78 is 18.8. The molecule has 0 saturated carbocycles. The van der Waals surface area contributed by atoms with Gasteiger partial charge in [-0.15, -0.1) is 0 Å². The number of likely N-dealkylation sites (N-methyl/N-ethyl adjacent to an activating group) is 1. The van der Waals surface area contributed by atoms with Crippen LogP contribution in [0.1, 0.15) is 15.9 Å². The first kappa shape index (κ1) is 16.2. The second kappa shape index (κ2) is 6.84. The predicted molar refractivity (Wildman–Crippen MR) is 91.9 cm³/mol. The smallest absolute Gasteiger partial charge is 0.343 e. The fourth-order valence-corrected chi connectivity index (χ4v) is 2.62. The van der Waals surface area contributed by atoms with Crippen molar-refractivity contribution >= 4 is 16.9 Å². The Labute approximate surface area is 139 Å². The topological polar surface area (TPSA) is 45.3 Å². The maximum atomic E-state index is 13.3. The number of H-pyrrole nitrogens is 1. The summed E-state index contributed by atoms with van der Waals surface area (Å²) in [4.78, 5) is 17.6. The first-order valence-electron chi connectivity index (χ1n) is 7.76. The normalized spacial score (nSPS) is 11.2. The van der Waals surface area contributed by atoms with E-state index in [-0.39, 0.29) is 5.56 Å². The van der Waals surface area contributed by atoms with Crippen LogP contribution in [-0.4, -0.2) is 36.5 Å². The van der Waals surface area contributed by atoms with E-state index in [4.69, 9.17) is 4.74 Å². The van der Waals surface area contributed by atoms with Gasteiger partial charge in [0.05, 0.1) is 5.56 Å². The largest absolute Gasteiger partial charge is 0.422 e. The molecule has 0 saturated heterocycles. The third kappa shape index (κ3) is 3.46. The highest BCUT2D eigenvalue weighted by Gasteiger charge is 2.15. The lowest BCUT2D eigenvalue weighted by atomic mass is 10.1. The first-order chi connectivity index (χ1) is 11.5. The van der Waals surface area contributed by atoms with Gasteiger partial charge in [0.1, 0.15) is 11.6 Å². The number of benzene rings is 2. The van der Waals surface area contributed by atoms with Gasteiger partial charge < -0.3 is 14.6 Å². The Bertz CT molecular complexity index is 871. The molecule has 0 aliphatic heterocycles. The van der Waals surface area contributed by atoms with Crippen LogP contribution in [0.25, 0.3) is 10.9 Å². The summed E-state index contributed by atoms with van der Waals surface area (Å²) in [5.41, 5.74) is 2.19. The second-order valence-corrected chi connectivity index (χ2v) is 5.95. The van der Waals surface area contributed by atoms with Crippen molar-refractivity contribution in [1.82, 2.24) is 9.88 Å². The minimum absolute atomic E-state index is 0.192. The fraction of sp³-hybridized carbons (Fsp3) is 0.211. The Morgan fingerprint density at radius 1 is 1.21 bits per heavy atom. The molecule has 0 radical (unpaired) electrons. The molecule has 0 fully saturated rings. The molecule has 0 spiro atoms. The quantitative estimate of drug-likeness (QED) is 0.575. The number of esters is 1. The van der Waals surface area contributed by atoms with Crippen molar-refractivity contribution in [3.8, 4) is 5.75 Å². The fourth-order valence-electron chi connectivity index (χ4n) is 2.62. The number of aromatic nitrogens is 1. The zero-order valence-corrected chi connectivity index (χ0v) is 13.7. The van der Waals surface area contributed by atoms with Crippen molar-refractivity contribution in [1.29, 1.82) is 0 Å². The number of hydrogen-bond acceptors (Lipinski definition) is 3. The zero-order chi connectivity index (χ0) is 17.1. The molecule has 0 aliphatic rings. The number of nitrogens with zero attached hydrogens (tertiary/aromatic N) is 1. The van der Waals surface area contributed by atoms with Crippen LogP contribution < -0.4 is 4.74 Å². The van der Waals surface area contributed by atoms with Gasteiger partial charge in [0.2, 0.25) is 0 Å². The number of aromatic amines is 1. The Hall–Kier alpha value is -2.66. The molecule has 1 heterocycles. The van der Waals surface area contributed by atoms with Gasteiger partial charge in [0, 0.05) is 23.6 Å². The second-order valence-electron chi connectivity index (χ2n) is 5.95. The summed E-state index contributed by atoms with van der Waals surface area (Å²) in [7, 11) is 4.03. The number of fused-ring (bicyclic) bond motifs is 1. The van der Waals surface area contributed by atoms with E-state index in [1.165, 1.54) is 24.3 Å². The van der Waals surface area contributed by atoms with E-state index in [0.29, 0.717) is 5.75 Å². The molecular formula is C19H19FN2O2. The van der Waals surface area contributed by atoms with Crippen molar-refractivity contribution in [2.45, 2.75) is 6.42 Å². The SMILES string of the molecule is CN(C)CCc1c[nH]c2cccc(OC(=O)c3cccc(F)c3)c12. The molecule has 2 aromatic carbocycles. The van der Waals surface area contributed by atoms with Crippen molar-refractivity contribution < 1.29 is 13.9 Å². The third-order valence-corrected chi connectivity index (χ3v) is 3.84. The van der Waals surface area contributed by atoms with Gasteiger partial charge in [0.15, 0.2) is 0 Å². The van der Waals surface area contributed by atoms with Gasteiger partial charge in [0.25, 0.3) is 0 Å². The number of rotatable bonds is 5. The third-order valence-electron chi connectivity index (χ3n) is 3.84. The number of halogens is 1. The molecule has 124 valence electrons. The van der Waals surface area contributed by atoms with Crippen LogP contribution >= 0.6 is 0 Å². The molecule has 24 heavy (non-hydrogen) atoms. The van der Waals surface area contributed by atoms with Crippen molar-refractivity contribution in [3.05, 3.63) is 65.6 Å². The Morgan fingerprint density at radius 3 is 2.75 bits per heavy atom. The minimum Gasteiger partial charge on any atom is -0.422 e. The Morgan fingerprint density at radius 2 is 2.00 bits per heavy atom. The number of hydrogen-bond donors (Lipinski definition) is 1. The standard InChI is InChI=1S/C19H19FN2O2/c1-22(2)10-9-14-12-21-16-7-4-8-17(18(14)16)24-19(23)13-5-3-6-15(20)11-13/h3-8,11-12,21H,9-10H2,1-2H3. The van der Waals surface area contributed by atoms with Gasteiger partial charge in [-0.25, -0.2) is 9.18 Å². The Kier molecular flexibility index (Phi) is 4.62. The van der Waals surface area contributed by atoms with Crippen molar-refractivity contribution in [2.75, 3.05) is 20.6 Å². The molecule has 3 rings (SSSR count).